The van der Waals surface area contributed by atoms with E-state index in [1.807, 2.05) is 51.8 Å². The Hall–Kier alpha value is -2.45. The fourth-order valence-electron chi connectivity index (χ4n) is 1.71. The zero-order chi connectivity index (χ0) is 16.9. The van der Waals surface area contributed by atoms with E-state index in [-0.39, 0.29) is 12.3 Å². The molecule has 0 aliphatic carbocycles. The second-order valence-corrected chi connectivity index (χ2v) is 5.39. The zero-order valence-corrected chi connectivity index (χ0v) is 14.2. The summed E-state index contributed by atoms with van der Waals surface area (Å²) in [6.45, 7) is 7.64. The second-order valence-electron chi connectivity index (χ2n) is 5.39. The molecule has 0 unspecified atom stereocenters. The van der Waals surface area contributed by atoms with Crippen LogP contribution in [0.3, 0.4) is 0 Å². The highest BCUT2D eigenvalue weighted by molar-refractivity contribution is 5.99. The van der Waals surface area contributed by atoms with Gasteiger partial charge < -0.3 is 26.2 Å². The minimum Gasteiger partial charge on any atom is -0.370 e. The first-order chi connectivity index (χ1) is 10.2. The normalized spacial score (nSPS) is 23.4. The number of aliphatic imine (C=N–C) groups is 3. The van der Waals surface area contributed by atoms with Crippen LogP contribution in [0.25, 0.3) is 0 Å². The molecule has 2 atom stereocenters. The minimum atomic E-state index is -0.0753. The van der Waals surface area contributed by atoms with Crippen molar-refractivity contribution < 1.29 is 0 Å². The van der Waals surface area contributed by atoms with E-state index in [4.69, 9.17) is 5.73 Å². The number of guanidine groups is 3. The van der Waals surface area contributed by atoms with Crippen LogP contribution in [0.1, 0.15) is 13.8 Å². The van der Waals surface area contributed by atoms with Gasteiger partial charge in [0.05, 0.1) is 5.82 Å². The zero-order valence-electron chi connectivity index (χ0n) is 14.2. The van der Waals surface area contributed by atoms with Gasteiger partial charge in [0.15, 0.2) is 5.96 Å². The average molecular weight is 309 g/mol. The lowest BCUT2D eigenvalue weighted by Crippen LogP contribution is -2.47. The molecule has 2 rings (SSSR count). The topological polar surface area (TPSA) is 106 Å². The molecular weight excluding hydrogens is 282 g/mol. The lowest BCUT2D eigenvalue weighted by Gasteiger charge is -2.26. The molecule has 9 heteroatoms. The van der Waals surface area contributed by atoms with Gasteiger partial charge in [0, 0.05) is 28.2 Å². The maximum absolute atomic E-state index is 5.48. The Bertz CT molecular complexity index is 490. The molecule has 0 aromatic carbocycles. The molecule has 2 heterocycles. The Balaban J connectivity index is 0.000000220. The molecule has 5 N–H and O–H groups in total. The van der Waals surface area contributed by atoms with Gasteiger partial charge in [-0.3, -0.25) is 5.32 Å². The summed E-state index contributed by atoms with van der Waals surface area (Å²) < 4.78 is 0. The van der Waals surface area contributed by atoms with E-state index in [1.165, 1.54) is 0 Å². The summed E-state index contributed by atoms with van der Waals surface area (Å²) in [6, 6.07) is 0. The van der Waals surface area contributed by atoms with Crippen LogP contribution in [-0.4, -0.2) is 68.2 Å². The Kier molecular flexibility index (Phi) is 6.02. The maximum atomic E-state index is 5.48. The summed E-state index contributed by atoms with van der Waals surface area (Å²) in [7, 11) is 7.68. The van der Waals surface area contributed by atoms with E-state index >= 15 is 0 Å². The van der Waals surface area contributed by atoms with E-state index < -0.39 is 0 Å². The van der Waals surface area contributed by atoms with Crippen molar-refractivity contribution in [3.63, 3.8) is 0 Å². The molecule has 0 fully saturated rings. The van der Waals surface area contributed by atoms with Crippen LogP contribution in [-0.2, 0) is 0 Å². The Morgan fingerprint density at radius 2 is 1.50 bits per heavy atom. The molecule has 0 spiro atoms. The van der Waals surface area contributed by atoms with E-state index in [0.717, 1.165) is 17.7 Å². The molecule has 9 nitrogen and oxygen atoms in total. The van der Waals surface area contributed by atoms with E-state index in [1.54, 1.807) is 0 Å². The van der Waals surface area contributed by atoms with Gasteiger partial charge in [-0.05, 0) is 13.8 Å². The van der Waals surface area contributed by atoms with Crippen molar-refractivity contribution in [2.75, 3.05) is 28.2 Å². The molecule has 22 heavy (non-hydrogen) atoms. The third-order valence-electron chi connectivity index (χ3n) is 2.68. The number of hydrogen-bond acceptors (Lipinski definition) is 9. The minimum absolute atomic E-state index is 0.0753. The smallest absolute Gasteiger partial charge is 0.202 e. The summed E-state index contributed by atoms with van der Waals surface area (Å²) in [6.07, 6.45) is 0.0369. The monoisotopic (exact) mass is 309 g/mol. The van der Waals surface area contributed by atoms with Gasteiger partial charge in [-0.25, -0.2) is 15.0 Å². The molecule has 0 aromatic rings. The molecule has 124 valence electrons. The Morgan fingerprint density at radius 1 is 0.955 bits per heavy atom. The molecule has 0 aromatic heterocycles. The molecule has 2 aliphatic heterocycles. The molecule has 2 aliphatic rings. The first-order valence-corrected chi connectivity index (χ1v) is 7.02. The lowest BCUT2D eigenvalue weighted by molar-refractivity contribution is 0.522. The van der Waals surface area contributed by atoms with Crippen molar-refractivity contribution in [2.45, 2.75) is 26.2 Å². The highest BCUT2D eigenvalue weighted by atomic mass is 15.4. The van der Waals surface area contributed by atoms with Crippen molar-refractivity contribution in [3.05, 3.63) is 12.4 Å². The molecular formula is C13H27N9. The highest BCUT2D eigenvalue weighted by Crippen LogP contribution is 1.98. The summed E-state index contributed by atoms with van der Waals surface area (Å²) in [5.74, 6) is 2.83. The molecule has 0 amide bonds. The van der Waals surface area contributed by atoms with Gasteiger partial charge in [-0.2, -0.15) is 0 Å². The summed E-state index contributed by atoms with van der Waals surface area (Å²) >= 11 is 0. The van der Waals surface area contributed by atoms with Crippen LogP contribution >= 0.6 is 0 Å². The van der Waals surface area contributed by atoms with Gasteiger partial charge in [-0.1, -0.05) is 6.58 Å². The van der Waals surface area contributed by atoms with Gasteiger partial charge in [0.25, 0.3) is 0 Å². The van der Waals surface area contributed by atoms with Gasteiger partial charge >= 0.3 is 0 Å². The predicted octanol–water partition coefficient (Wildman–Crippen LogP) is -0.918. The third-order valence-corrected chi connectivity index (χ3v) is 2.68. The molecule has 0 saturated carbocycles. The van der Waals surface area contributed by atoms with E-state index in [9.17, 15) is 0 Å². The summed E-state index contributed by atoms with van der Waals surface area (Å²) in [4.78, 5) is 16.3. The summed E-state index contributed by atoms with van der Waals surface area (Å²) in [5, 5.41) is 8.91. The van der Waals surface area contributed by atoms with Crippen LogP contribution in [0.4, 0.5) is 0 Å². The standard InChI is InChI=1S/C7H14N4.C6H13N5/c1-5-8-6(2)10-7(9-5)11(3)4;1-4-8-5(7)10-6(9-4)11(2)3/h6,8H,1H2,2-4H3,(H,9,10);4H,1-3H3,(H3,7,8,9,10)/t6-;4-/m01/s1. The maximum Gasteiger partial charge on any atom is 0.202 e. The third kappa shape index (κ3) is 5.51. The van der Waals surface area contributed by atoms with E-state index in [2.05, 4.69) is 37.5 Å². The summed E-state index contributed by atoms with van der Waals surface area (Å²) in [5.41, 5.74) is 5.48. The molecule has 0 bridgehead atoms. The van der Waals surface area contributed by atoms with Crippen molar-refractivity contribution in [1.82, 2.24) is 25.8 Å². The highest BCUT2D eigenvalue weighted by Gasteiger charge is 2.12. The predicted molar refractivity (Wildman–Crippen MR) is 91.3 cm³/mol. The van der Waals surface area contributed by atoms with Crippen molar-refractivity contribution in [2.24, 2.45) is 20.7 Å². The number of nitrogens with one attached hydrogen (secondary N) is 3. The van der Waals surface area contributed by atoms with Crippen LogP contribution in [0.15, 0.2) is 27.4 Å². The second kappa shape index (κ2) is 7.53. The number of hydrogen-bond donors (Lipinski definition) is 4. The Morgan fingerprint density at radius 3 is 1.95 bits per heavy atom. The number of nitrogens with zero attached hydrogens (tertiary/aromatic N) is 5. The SMILES string of the molecule is C=C1NC(N(C)C)=N[C@@H](C)N1.C[C@@H]1N=C(N)NC(N(C)C)=N1. The van der Waals surface area contributed by atoms with Gasteiger partial charge in [0.1, 0.15) is 12.3 Å². The van der Waals surface area contributed by atoms with Gasteiger partial charge in [0.2, 0.25) is 11.9 Å². The average Bonchev–Trinajstić information content (AvgIpc) is 2.37. The largest absolute Gasteiger partial charge is 0.370 e. The van der Waals surface area contributed by atoms with Crippen LogP contribution in [0.5, 0.6) is 0 Å². The fraction of sp³-hybridized carbons (Fsp3) is 0.615. The molecule has 0 radical (unpaired) electrons. The lowest BCUT2D eigenvalue weighted by atomic mass is 10.5. The van der Waals surface area contributed by atoms with Gasteiger partial charge in [-0.15, -0.1) is 0 Å². The number of nitrogens with two attached hydrogens (primary N) is 1. The van der Waals surface area contributed by atoms with E-state index in [0.29, 0.717) is 5.96 Å². The molecule has 0 saturated heterocycles. The van der Waals surface area contributed by atoms with Crippen LogP contribution < -0.4 is 21.7 Å². The van der Waals surface area contributed by atoms with Crippen LogP contribution in [0.2, 0.25) is 0 Å². The van der Waals surface area contributed by atoms with Crippen molar-refractivity contribution in [1.29, 1.82) is 0 Å². The van der Waals surface area contributed by atoms with Crippen molar-refractivity contribution in [3.8, 4) is 0 Å². The Labute approximate surface area is 132 Å². The first kappa shape index (κ1) is 17.6. The quantitative estimate of drug-likeness (QED) is 0.461. The van der Waals surface area contributed by atoms with Crippen molar-refractivity contribution >= 4 is 17.9 Å². The number of rotatable bonds is 0. The fourth-order valence-corrected chi connectivity index (χ4v) is 1.71. The van der Waals surface area contributed by atoms with Crippen LogP contribution in [0, 0.1) is 0 Å². The first-order valence-electron chi connectivity index (χ1n) is 7.02.